The zero-order valence-corrected chi connectivity index (χ0v) is 19.3. The van der Waals surface area contributed by atoms with Gasteiger partial charge in [-0.2, -0.15) is 5.10 Å². The molecule has 3 rings (SSSR count). The number of amides is 1. The van der Waals surface area contributed by atoms with Crippen LogP contribution in [-0.4, -0.2) is 11.6 Å². The van der Waals surface area contributed by atoms with Gasteiger partial charge < -0.3 is 4.74 Å². The molecular weight excluding hydrogens is 484 g/mol. The lowest BCUT2D eigenvalue weighted by atomic mass is 9.89. The van der Waals surface area contributed by atoms with Gasteiger partial charge in [-0.25, -0.2) is 5.43 Å². The third-order valence-electron chi connectivity index (χ3n) is 4.93. The largest absolute Gasteiger partial charge is 0.487 e. The van der Waals surface area contributed by atoms with Crippen molar-refractivity contribution in [1.82, 2.24) is 5.43 Å². The molecular formula is C22H24Br2N2O2. The van der Waals surface area contributed by atoms with Crippen molar-refractivity contribution in [3.63, 3.8) is 0 Å². The maximum atomic E-state index is 12.3. The van der Waals surface area contributed by atoms with E-state index in [2.05, 4.69) is 49.3 Å². The molecule has 1 amide bonds. The highest BCUT2D eigenvalue weighted by molar-refractivity contribution is 9.11. The van der Waals surface area contributed by atoms with Crippen LogP contribution in [0.4, 0.5) is 0 Å². The molecule has 1 saturated carbocycles. The number of benzene rings is 2. The predicted octanol–water partition coefficient (Wildman–Crippen LogP) is 6.39. The lowest BCUT2D eigenvalue weighted by Crippen LogP contribution is -2.24. The van der Waals surface area contributed by atoms with Gasteiger partial charge in [-0.05, 0) is 99.4 Å². The number of nitrogens with zero attached hydrogens (tertiary/aromatic N) is 1. The molecule has 4 nitrogen and oxygen atoms in total. The predicted molar refractivity (Wildman–Crippen MR) is 120 cm³/mol. The van der Waals surface area contributed by atoms with E-state index < -0.39 is 0 Å². The Hall–Kier alpha value is -1.66. The molecule has 1 N–H and O–H groups in total. The summed E-state index contributed by atoms with van der Waals surface area (Å²) in [7, 11) is 0. The standard InChI is InChI=1S/C22H24Br2N2O2/c1-14-11-18(23)21(19(24)12-14)28-13-16-7-9-17(10-8-16)22(27)26-25-20-6-4-3-5-15(20)2/h7-12,15H,3-6,13H2,1-2H3,(H,26,27)/b25-20+. The van der Waals surface area contributed by atoms with E-state index >= 15 is 0 Å². The Bertz CT molecular complexity index is 856. The fraction of sp³-hybridized carbons (Fsp3) is 0.364. The Morgan fingerprint density at radius 1 is 1.18 bits per heavy atom. The quantitative estimate of drug-likeness (QED) is 0.476. The maximum absolute atomic E-state index is 12.3. The molecule has 0 spiro atoms. The molecule has 1 unspecified atom stereocenters. The average Bonchev–Trinajstić information content (AvgIpc) is 2.67. The number of ether oxygens (including phenoxy) is 1. The number of carbonyl (C=O) groups is 1. The molecule has 148 valence electrons. The molecule has 2 aromatic rings. The Morgan fingerprint density at radius 2 is 1.86 bits per heavy atom. The highest BCUT2D eigenvalue weighted by Gasteiger charge is 2.16. The third-order valence-corrected chi connectivity index (χ3v) is 6.11. The average molecular weight is 508 g/mol. The molecule has 6 heteroatoms. The van der Waals surface area contributed by atoms with Crippen LogP contribution in [0.3, 0.4) is 0 Å². The summed E-state index contributed by atoms with van der Waals surface area (Å²) in [6.45, 7) is 4.62. The van der Waals surface area contributed by atoms with Crippen molar-refractivity contribution >= 4 is 43.5 Å². The van der Waals surface area contributed by atoms with Crippen molar-refractivity contribution in [3.05, 3.63) is 62.0 Å². The fourth-order valence-electron chi connectivity index (χ4n) is 3.26. The first kappa shape index (κ1) is 21.1. The van der Waals surface area contributed by atoms with Gasteiger partial charge in [0.1, 0.15) is 12.4 Å². The summed E-state index contributed by atoms with van der Waals surface area (Å²) in [5, 5.41) is 4.35. The van der Waals surface area contributed by atoms with E-state index in [0.717, 1.165) is 50.8 Å². The van der Waals surface area contributed by atoms with E-state index in [0.29, 0.717) is 18.1 Å². The number of hydrogen-bond acceptors (Lipinski definition) is 3. The van der Waals surface area contributed by atoms with Gasteiger partial charge in [0.2, 0.25) is 0 Å². The van der Waals surface area contributed by atoms with Crippen molar-refractivity contribution in [2.45, 2.75) is 46.1 Å². The first-order valence-electron chi connectivity index (χ1n) is 9.48. The first-order valence-corrected chi connectivity index (χ1v) is 11.1. The first-order chi connectivity index (χ1) is 13.4. The minimum Gasteiger partial charge on any atom is -0.487 e. The van der Waals surface area contributed by atoms with Crippen LogP contribution in [0.5, 0.6) is 5.75 Å². The second-order valence-electron chi connectivity index (χ2n) is 7.23. The van der Waals surface area contributed by atoms with Gasteiger partial charge in [0, 0.05) is 11.3 Å². The van der Waals surface area contributed by atoms with Gasteiger partial charge in [0.05, 0.1) is 8.95 Å². The molecule has 1 aliphatic rings. The van der Waals surface area contributed by atoms with Gasteiger partial charge in [0.25, 0.3) is 5.91 Å². The summed E-state index contributed by atoms with van der Waals surface area (Å²) in [4.78, 5) is 12.3. The van der Waals surface area contributed by atoms with Crippen LogP contribution in [-0.2, 0) is 6.61 Å². The Kier molecular flexibility index (Phi) is 7.30. The zero-order valence-electron chi connectivity index (χ0n) is 16.1. The minimum absolute atomic E-state index is 0.179. The molecule has 28 heavy (non-hydrogen) atoms. The molecule has 0 saturated heterocycles. The third kappa shape index (κ3) is 5.45. The summed E-state index contributed by atoms with van der Waals surface area (Å²) >= 11 is 7.07. The molecule has 0 aromatic heterocycles. The van der Waals surface area contributed by atoms with Gasteiger partial charge in [-0.15, -0.1) is 0 Å². The fourth-order valence-corrected chi connectivity index (χ4v) is 4.90. The van der Waals surface area contributed by atoms with Crippen LogP contribution >= 0.6 is 31.9 Å². The molecule has 0 heterocycles. The maximum Gasteiger partial charge on any atom is 0.271 e. The van der Waals surface area contributed by atoms with E-state index in [1.54, 1.807) is 12.1 Å². The van der Waals surface area contributed by atoms with E-state index in [4.69, 9.17) is 4.74 Å². The topological polar surface area (TPSA) is 50.7 Å². The van der Waals surface area contributed by atoms with Gasteiger partial charge in [-0.1, -0.05) is 25.5 Å². The van der Waals surface area contributed by atoms with E-state index in [-0.39, 0.29) is 5.91 Å². The van der Waals surface area contributed by atoms with Crippen molar-refractivity contribution in [2.75, 3.05) is 0 Å². The Labute approximate surface area is 183 Å². The van der Waals surface area contributed by atoms with E-state index in [9.17, 15) is 4.79 Å². The smallest absolute Gasteiger partial charge is 0.271 e. The monoisotopic (exact) mass is 506 g/mol. The highest BCUT2D eigenvalue weighted by atomic mass is 79.9. The highest BCUT2D eigenvalue weighted by Crippen LogP contribution is 2.35. The number of halogens is 2. The lowest BCUT2D eigenvalue weighted by Gasteiger charge is -2.19. The number of hydrazone groups is 1. The normalized spacial score (nSPS) is 18.1. The van der Waals surface area contributed by atoms with Crippen LogP contribution < -0.4 is 10.2 Å². The van der Waals surface area contributed by atoms with Gasteiger partial charge >= 0.3 is 0 Å². The van der Waals surface area contributed by atoms with Crippen LogP contribution in [0.1, 0.15) is 54.1 Å². The summed E-state index contributed by atoms with van der Waals surface area (Å²) < 4.78 is 7.75. The summed E-state index contributed by atoms with van der Waals surface area (Å²) in [5.74, 6) is 1.04. The SMILES string of the molecule is Cc1cc(Br)c(OCc2ccc(C(=O)N/N=C3\CCCCC3C)cc2)c(Br)c1. The molecule has 0 radical (unpaired) electrons. The van der Waals surface area contributed by atoms with E-state index in [1.165, 1.54) is 6.42 Å². The number of rotatable bonds is 5. The van der Waals surface area contributed by atoms with Crippen LogP contribution in [0, 0.1) is 12.8 Å². The minimum atomic E-state index is -0.179. The number of aryl methyl sites for hydroxylation is 1. The Morgan fingerprint density at radius 3 is 2.50 bits per heavy atom. The number of carbonyl (C=O) groups excluding carboxylic acids is 1. The van der Waals surface area contributed by atoms with Gasteiger partial charge in [0.15, 0.2) is 0 Å². The number of hydrogen-bond donors (Lipinski definition) is 1. The van der Waals surface area contributed by atoms with Crippen LogP contribution in [0.15, 0.2) is 50.4 Å². The van der Waals surface area contributed by atoms with Crippen molar-refractivity contribution in [1.29, 1.82) is 0 Å². The van der Waals surface area contributed by atoms with E-state index in [1.807, 2.05) is 31.2 Å². The molecule has 1 atom stereocenters. The summed E-state index contributed by atoms with van der Waals surface area (Å²) in [6, 6.07) is 11.4. The molecule has 0 bridgehead atoms. The molecule has 1 fully saturated rings. The van der Waals surface area contributed by atoms with Crippen molar-refractivity contribution < 1.29 is 9.53 Å². The van der Waals surface area contributed by atoms with Crippen molar-refractivity contribution in [3.8, 4) is 5.75 Å². The van der Waals surface area contributed by atoms with Crippen molar-refractivity contribution in [2.24, 2.45) is 11.0 Å². The summed E-state index contributed by atoms with van der Waals surface area (Å²) in [6.07, 6.45) is 4.52. The second-order valence-corrected chi connectivity index (χ2v) is 8.94. The zero-order chi connectivity index (χ0) is 20.1. The molecule has 1 aliphatic carbocycles. The lowest BCUT2D eigenvalue weighted by molar-refractivity contribution is 0.0954. The Balaban J connectivity index is 1.59. The molecule has 0 aliphatic heterocycles. The molecule has 2 aromatic carbocycles. The second kappa shape index (κ2) is 9.70. The van der Waals surface area contributed by atoms with Crippen LogP contribution in [0.25, 0.3) is 0 Å². The van der Waals surface area contributed by atoms with Gasteiger partial charge in [-0.3, -0.25) is 4.79 Å². The summed E-state index contributed by atoms with van der Waals surface area (Å²) in [5.41, 5.74) is 6.53. The number of nitrogens with one attached hydrogen (secondary N) is 1. The van der Waals surface area contributed by atoms with Crippen LogP contribution in [0.2, 0.25) is 0 Å².